The first kappa shape index (κ1) is 30.4. The van der Waals surface area contributed by atoms with Crippen molar-refractivity contribution in [3.8, 4) is 0 Å². The van der Waals surface area contributed by atoms with Gasteiger partial charge in [0.1, 0.15) is 19.2 Å². The molecule has 11 heteroatoms. The van der Waals surface area contributed by atoms with Crippen molar-refractivity contribution >= 4 is 41.4 Å². The number of hydrogen-bond donors (Lipinski definition) is 2. The summed E-state index contributed by atoms with van der Waals surface area (Å²) in [4.78, 5) is 54.3. The number of piperidine rings is 1. The molecule has 1 saturated heterocycles. The minimum Gasteiger partial charge on any atom is -0.480 e. The fraction of sp³-hybridized carbons (Fsp3) is 0.467. The summed E-state index contributed by atoms with van der Waals surface area (Å²) in [6.45, 7) is 2.88. The molecule has 2 amide bonds. The van der Waals surface area contributed by atoms with Gasteiger partial charge in [0.25, 0.3) is 0 Å². The topological polar surface area (TPSA) is 125 Å². The van der Waals surface area contributed by atoms with E-state index in [9.17, 15) is 24.3 Å². The molecule has 0 unspecified atom stereocenters. The lowest BCUT2D eigenvalue weighted by Crippen LogP contribution is -2.54. The Morgan fingerprint density at radius 2 is 1.76 bits per heavy atom. The first-order valence-electron chi connectivity index (χ1n) is 14.0. The maximum Gasteiger partial charge on any atom is 0.410 e. The molecule has 41 heavy (non-hydrogen) atoms. The van der Waals surface area contributed by atoms with Gasteiger partial charge in [-0.1, -0.05) is 42.5 Å². The molecule has 2 heterocycles. The monoisotopic (exact) mass is 583 g/mol. The molecule has 0 aliphatic carbocycles. The fourth-order valence-electron chi connectivity index (χ4n) is 5.14. The second-order valence-electron chi connectivity index (χ2n) is 10.2. The number of benzene rings is 2. The van der Waals surface area contributed by atoms with Gasteiger partial charge in [-0.15, -0.1) is 11.8 Å². The summed E-state index contributed by atoms with van der Waals surface area (Å²) >= 11 is 1.45. The van der Waals surface area contributed by atoms with Crippen LogP contribution in [0, 0.1) is 5.92 Å². The highest BCUT2D eigenvalue weighted by atomic mass is 32.2. The van der Waals surface area contributed by atoms with Crippen LogP contribution in [0.2, 0.25) is 0 Å². The summed E-state index contributed by atoms with van der Waals surface area (Å²) in [5, 5.41) is 12.7. The highest BCUT2D eigenvalue weighted by Gasteiger charge is 2.35. The number of likely N-dealkylation sites (tertiary alicyclic amines) is 1. The van der Waals surface area contributed by atoms with E-state index in [0.29, 0.717) is 36.9 Å². The van der Waals surface area contributed by atoms with E-state index < -0.39 is 30.6 Å². The quantitative estimate of drug-likeness (QED) is 0.379. The van der Waals surface area contributed by atoms with Crippen molar-refractivity contribution in [3.63, 3.8) is 0 Å². The van der Waals surface area contributed by atoms with Crippen molar-refractivity contribution in [2.75, 3.05) is 36.9 Å². The number of carbonyl (C=O) groups excluding carboxylic acids is 3. The van der Waals surface area contributed by atoms with Gasteiger partial charge >= 0.3 is 18.0 Å². The zero-order valence-electron chi connectivity index (χ0n) is 23.2. The lowest BCUT2D eigenvalue weighted by molar-refractivity contribution is -0.146. The first-order chi connectivity index (χ1) is 19.9. The van der Waals surface area contributed by atoms with E-state index in [1.54, 1.807) is 24.0 Å². The average Bonchev–Trinajstić information content (AvgIpc) is 3.11. The lowest BCUT2D eigenvalue weighted by Gasteiger charge is -2.32. The van der Waals surface area contributed by atoms with E-state index in [1.165, 1.54) is 16.7 Å². The Bertz CT molecular complexity index is 1200. The van der Waals surface area contributed by atoms with Crippen LogP contribution in [0.5, 0.6) is 0 Å². The minimum absolute atomic E-state index is 0.213. The summed E-state index contributed by atoms with van der Waals surface area (Å²) in [6, 6.07) is 15.3. The Labute approximate surface area is 244 Å². The normalized spacial score (nSPS) is 18.3. The maximum atomic E-state index is 13.5. The van der Waals surface area contributed by atoms with Crippen molar-refractivity contribution < 1.29 is 33.8 Å². The van der Waals surface area contributed by atoms with E-state index >= 15 is 0 Å². The largest absolute Gasteiger partial charge is 0.480 e. The average molecular weight is 584 g/mol. The SMILES string of the molecule is CCOC(=O)[C@H](CCC1CCN(C(=O)OCc2ccccc2)CC1)N[C@H]1CSc2ccccc2N(CC(=O)O)C1=O. The summed E-state index contributed by atoms with van der Waals surface area (Å²) in [5.41, 5.74) is 1.49. The summed E-state index contributed by atoms with van der Waals surface area (Å²) in [6.07, 6.45) is 2.43. The second kappa shape index (κ2) is 14.9. The van der Waals surface area contributed by atoms with Crippen molar-refractivity contribution in [3.05, 3.63) is 60.2 Å². The van der Waals surface area contributed by atoms with Gasteiger partial charge in [0.05, 0.1) is 18.3 Å². The van der Waals surface area contributed by atoms with Crippen LogP contribution in [0.3, 0.4) is 0 Å². The molecule has 2 atom stereocenters. The summed E-state index contributed by atoms with van der Waals surface area (Å²) in [7, 11) is 0. The number of ether oxygens (including phenoxy) is 2. The molecule has 10 nitrogen and oxygen atoms in total. The molecule has 0 saturated carbocycles. The number of amides is 2. The number of thioether (sulfide) groups is 1. The maximum absolute atomic E-state index is 13.5. The number of rotatable bonds is 11. The molecule has 4 rings (SSSR count). The van der Waals surface area contributed by atoms with Gasteiger partial charge in [-0.25, -0.2) is 4.79 Å². The Hall–Kier alpha value is -3.57. The number of hydrogen-bond acceptors (Lipinski definition) is 8. The lowest BCUT2D eigenvalue weighted by atomic mass is 9.90. The van der Waals surface area contributed by atoms with Crippen molar-refractivity contribution in [2.45, 2.75) is 56.2 Å². The fourth-order valence-corrected chi connectivity index (χ4v) is 6.23. The molecule has 2 N–H and O–H groups in total. The third kappa shape index (κ3) is 8.46. The number of aliphatic carboxylic acids is 1. The number of carbonyl (C=O) groups is 4. The molecular weight excluding hydrogens is 546 g/mol. The van der Waals surface area contributed by atoms with E-state index in [1.807, 2.05) is 42.5 Å². The van der Waals surface area contributed by atoms with Crippen LogP contribution in [-0.4, -0.2) is 78.0 Å². The highest BCUT2D eigenvalue weighted by molar-refractivity contribution is 7.99. The number of esters is 1. The number of nitrogens with one attached hydrogen (secondary N) is 1. The first-order valence-corrected chi connectivity index (χ1v) is 15.0. The van der Waals surface area contributed by atoms with Crippen molar-refractivity contribution in [1.82, 2.24) is 10.2 Å². The molecule has 0 bridgehead atoms. The molecule has 2 aliphatic heterocycles. The number of para-hydroxylation sites is 1. The van der Waals surface area contributed by atoms with Crippen LogP contribution >= 0.6 is 11.8 Å². The number of nitrogens with zero attached hydrogens (tertiary/aromatic N) is 2. The zero-order chi connectivity index (χ0) is 29.2. The molecule has 0 spiro atoms. The molecule has 0 aromatic heterocycles. The van der Waals surface area contributed by atoms with Gasteiger partial charge < -0.3 is 19.5 Å². The van der Waals surface area contributed by atoms with Crippen LogP contribution in [0.4, 0.5) is 10.5 Å². The van der Waals surface area contributed by atoms with Crippen molar-refractivity contribution in [2.24, 2.45) is 5.92 Å². The van der Waals surface area contributed by atoms with Gasteiger partial charge in [0.2, 0.25) is 5.91 Å². The molecule has 220 valence electrons. The predicted molar refractivity (Wildman–Crippen MR) is 155 cm³/mol. The third-order valence-corrected chi connectivity index (χ3v) is 8.49. The van der Waals surface area contributed by atoms with E-state index in [0.717, 1.165) is 29.7 Å². The standard InChI is InChI=1S/C30H37N3O7S/c1-2-39-29(37)23(31-24-20-41-26-11-7-6-10-25(26)33(28(24)36)18-27(34)35)13-12-21-14-16-32(17-15-21)30(38)40-19-22-8-4-3-5-9-22/h3-11,21,23-24,31H,2,12-20H2,1H3,(H,34,35)/t23-,24-/m0/s1. The van der Waals surface area contributed by atoms with Crippen LogP contribution in [0.1, 0.15) is 38.2 Å². The van der Waals surface area contributed by atoms with E-state index in [4.69, 9.17) is 9.47 Å². The number of carboxylic acids is 1. The van der Waals surface area contributed by atoms with E-state index in [2.05, 4.69) is 5.32 Å². The predicted octanol–water partition coefficient (Wildman–Crippen LogP) is 3.93. The Morgan fingerprint density at radius 3 is 2.46 bits per heavy atom. The Balaban J connectivity index is 1.33. The van der Waals surface area contributed by atoms with Gasteiger partial charge in [-0.05, 0) is 56.2 Å². The number of fused-ring (bicyclic) bond motifs is 1. The van der Waals surface area contributed by atoms with Crippen LogP contribution in [0.25, 0.3) is 0 Å². The highest BCUT2D eigenvalue weighted by Crippen LogP contribution is 2.34. The van der Waals surface area contributed by atoms with Gasteiger partial charge in [-0.3, -0.25) is 24.6 Å². The Morgan fingerprint density at radius 1 is 1.05 bits per heavy atom. The smallest absolute Gasteiger partial charge is 0.410 e. The molecule has 2 aromatic rings. The van der Waals surface area contributed by atoms with Crippen LogP contribution in [0.15, 0.2) is 59.5 Å². The third-order valence-electron chi connectivity index (χ3n) is 7.33. The zero-order valence-corrected chi connectivity index (χ0v) is 24.0. The molecular formula is C30H37N3O7S. The molecule has 0 radical (unpaired) electrons. The molecule has 2 aliphatic rings. The summed E-state index contributed by atoms with van der Waals surface area (Å²) < 4.78 is 10.8. The van der Waals surface area contributed by atoms with Gasteiger partial charge in [0.15, 0.2) is 0 Å². The van der Waals surface area contributed by atoms with Crippen LogP contribution in [-0.2, 0) is 30.5 Å². The minimum atomic E-state index is -1.11. The molecule has 1 fully saturated rings. The van der Waals surface area contributed by atoms with Gasteiger partial charge in [0, 0.05) is 23.7 Å². The second-order valence-corrected chi connectivity index (χ2v) is 11.2. The van der Waals surface area contributed by atoms with Crippen LogP contribution < -0.4 is 10.2 Å². The van der Waals surface area contributed by atoms with Crippen molar-refractivity contribution in [1.29, 1.82) is 0 Å². The number of anilines is 1. The molecule has 2 aromatic carbocycles. The van der Waals surface area contributed by atoms with Gasteiger partial charge in [-0.2, -0.15) is 0 Å². The van der Waals surface area contributed by atoms with E-state index in [-0.39, 0.29) is 25.2 Å². The number of carboxylic acid groups (broad SMARTS) is 1. The summed E-state index contributed by atoms with van der Waals surface area (Å²) in [5.74, 6) is -1.28. The Kier molecular flexibility index (Phi) is 11.0.